The Bertz CT molecular complexity index is 1240. The number of hydrogen-bond donors (Lipinski definition) is 1. The van der Waals surface area contributed by atoms with Crippen LogP contribution in [0.5, 0.6) is 5.75 Å². The summed E-state index contributed by atoms with van der Waals surface area (Å²) in [5.41, 5.74) is 0.105. The molecule has 2 aliphatic heterocycles. The van der Waals surface area contributed by atoms with Crippen LogP contribution in [0.4, 0.5) is 22.4 Å². The van der Waals surface area contributed by atoms with Gasteiger partial charge in [0, 0.05) is 18.2 Å². The van der Waals surface area contributed by atoms with E-state index in [-0.39, 0.29) is 35.6 Å². The quantitative estimate of drug-likeness (QED) is 0.637. The Morgan fingerprint density at radius 1 is 1.14 bits per heavy atom. The summed E-state index contributed by atoms with van der Waals surface area (Å²) < 4.78 is 92.5. The molecule has 2 aliphatic rings. The van der Waals surface area contributed by atoms with Crippen LogP contribution in [0.25, 0.3) is 11.1 Å². The Hall–Kier alpha value is -2.86. The van der Waals surface area contributed by atoms with Gasteiger partial charge in [0.2, 0.25) is 10.0 Å². The first-order valence-electron chi connectivity index (χ1n) is 11.0. The molecule has 7 nitrogen and oxygen atoms in total. The fraction of sp³-hybridized carbons (Fsp3) is 0.435. The number of halogens is 4. The van der Waals surface area contributed by atoms with Crippen LogP contribution in [-0.2, 0) is 16.4 Å². The van der Waals surface area contributed by atoms with Crippen molar-refractivity contribution in [2.75, 3.05) is 32.5 Å². The lowest BCUT2D eigenvalue weighted by atomic mass is 9.95. The van der Waals surface area contributed by atoms with Crippen LogP contribution in [-0.4, -0.2) is 74.8 Å². The number of alkyl halides is 2. The first kappa shape index (κ1) is 25.2. The van der Waals surface area contributed by atoms with E-state index in [1.807, 2.05) is 4.72 Å². The van der Waals surface area contributed by atoms with Crippen LogP contribution >= 0.6 is 0 Å². The van der Waals surface area contributed by atoms with Crippen LogP contribution in [0.2, 0.25) is 0 Å². The molecule has 12 heteroatoms. The van der Waals surface area contributed by atoms with Crippen molar-refractivity contribution in [2.24, 2.45) is 0 Å². The summed E-state index contributed by atoms with van der Waals surface area (Å²) in [7, 11) is -2.71. The standard InChI is InChI=1S/C23H25F4N3O4S/c1-3-35(32,33)28-21-18-12-14-6-4-7-15(19(14)25)16-8-5-9-17(24)20(16)34-11-10-29(2)22(31)30(18)13-23(21,26)27/h4-9,18,21,28H,3,10-13H2,1-2H3. The lowest BCUT2D eigenvalue weighted by Crippen LogP contribution is -2.53. The van der Waals surface area contributed by atoms with Crippen molar-refractivity contribution in [3.8, 4) is 16.9 Å². The number of urea groups is 1. The minimum atomic E-state index is -4.07. The Balaban J connectivity index is 1.86. The Morgan fingerprint density at radius 2 is 1.83 bits per heavy atom. The van der Waals surface area contributed by atoms with Gasteiger partial charge >= 0.3 is 6.03 Å². The maximum atomic E-state index is 15.7. The van der Waals surface area contributed by atoms with Crippen LogP contribution < -0.4 is 9.46 Å². The van der Waals surface area contributed by atoms with E-state index in [4.69, 9.17) is 4.74 Å². The number of carbonyl (C=O) groups is 1. The third-order valence-corrected chi connectivity index (χ3v) is 7.69. The average Bonchev–Trinajstić information content (AvgIpc) is 3.04. The Labute approximate surface area is 200 Å². The van der Waals surface area contributed by atoms with E-state index in [1.54, 1.807) is 0 Å². The number of amides is 2. The molecule has 1 N–H and O–H groups in total. The number of nitrogens with one attached hydrogen (secondary N) is 1. The highest BCUT2D eigenvalue weighted by atomic mass is 32.2. The molecule has 0 aliphatic carbocycles. The summed E-state index contributed by atoms with van der Waals surface area (Å²) in [4.78, 5) is 15.1. The average molecular weight is 516 g/mol. The number of rotatable bonds is 3. The lowest BCUT2D eigenvalue weighted by Gasteiger charge is -2.31. The molecule has 2 bridgehead atoms. The van der Waals surface area contributed by atoms with Crippen molar-refractivity contribution in [1.29, 1.82) is 0 Å². The van der Waals surface area contributed by atoms with Crippen molar-refractivity contribution >= 4 is 16.1 Å². The molecule has 190 valence electrons. The minimum absolute atomic E-state index is 0.00192. The molecule has 2 aromatic rings. The van der Waals surface area contributed by atoms with E-state index in [0.717, 1.165) is 15.9 Å². The zero-order chi connectivity index (χ0) is 25.5. The number of para-hydroxylation sites is 1. The minimum Gasteiger partial charge on any atom is -0.488 e. The predicted molar refractivity (Wildman–Crippen MR) is 121 cm³/mol. The molecular weight excluding hydrogens is 490 g/mol. The monoisotopic (exact) mass is 515 g/mol. The summed E-state index contributed by atoms with van der Waals surface area (Å²) >= 11 is 0. The smallest absolute Gasteiger partial charge is 0.320 e. The van der Waals surface area contributed by atoms with Crippen LogP contribution in [0.1, 0.15) is 12.5 Å². The van der Waals surface area contributed by atoms with Gasteiger partial charge in [0.1, 0.15) is 18.5 Å². The topological polar surface area (TPSA) is 79.0 Å². The lowest BCUT2D eigenvalue weighted by molar-refractivity contribution is -0.00513. The van der Waals surface area contributed by atoms with E-state index < -0.39 is 64.4 Å². The van der Waals surface area contributed by atoms with Crippen molar-refractivity contribution in [3.05, 3.63) is 53.6 Å². The van der Waals surface area contributed by atoms with E-state index in [2.05, 4.69) is 0 Å². The number of fused-ring (bicyclic) bond motifs is 5. The number of benzene rings is 2. The van der Waals surface area contributed by atoms with E-state index in [9.17, 15) is 17.6 Å². The molecule has 35 heavy (non-hydrogen) atoms. The van der Waals surface area contributed by atoms with Gasteiger partial charge in [0.15, 0.2) is 11.6 Å². The molecule has 0 saturated carbocycles. The first-order chi connectivity index (χ1) is 16.4. The second-order valence-electron chi connectivity index (χ2n) is 8.61. The molecule has 1 saturated heterocycles. The Kier molecular flexibility index (Phi) is 6.71. The summed E-state index contributed by atoms with van der Waals surface area (Å²) in [6.07, 6.45) is -0.392. The summed E-state index contributed by atoms with van der Waals surface area (Å²) in [6, 6.07) is 4.16. The molecule has 0 radical (unpaired) electrons. The summed E-state index contributed by atoms with van der Waals surface area (Å²) in [5.74, 6) is -5.74. The second-order valence-corrected chi connectivity index (χ2v) is 10.6. The van der Waals surface area contributed by atoms with Crippen LogP contribution in [0, 0.1) is 11.6 Å². The number of ether oxygens (including phenoxy) is 1. The first-order valence-corrected chi connectivity index (χ1v) is 12.7. The van der Waals surface area contributed by atoms with Crippen LogP contribution in [0.15, 0.2) is 36.4 Å². The van der Waals surface area contributed by atoms with Gasteiger partial charge < -0.3 is 14.5 Å². The largest absolute Gasteiger partial charge is 0.488 e. The molecule has 2 aromatic carbocycles. The highest BCUT2D eigenvalue weighted by molar-refractivity contribution is 7.89. The third-order valence-electron chi connectivity index (χ3n) is 6.32. The second kappa shape index (κ2) is 9.30. The molecule has 4 rings (SSSR count). The Morgan fingerprint density at radius 3 is 2.54 bits per heavy atom. The van der Waals surface area contributed by atoms with Gasteiger partial charge in [-0.3, -0.25) is 0 Å². The van der Waals surface area contributed by atoms with E-state index in [0.29, 0.717) is 0 Å². The highest BCUT2D eigenvalue weighted by Crippen LogP contribution is 2.39. The maximum Gasteiger partial charge on any atom is 0.320 e. The molecule has 2 amide bonds. The van der Waals surface area contributed by atoms with Crippen molar-refractivity contribution in [3.63, 3.8) is 0 Å². The summed E-state index contributed by atoms with van der Waals surface area (Å²) in [6.45, 7) is -0.00377. The molecule has 0 aromatic heterocycles. The number of likely N-dealkylation sites (N-methyl/N-ethyl adjacent to an activating group) is 1. The fourth-order valence-electron chi connectivity index (χ4n) is 4.42. The maximum absolute atomic E-state index is 15.7. The van der Waals surface area contributed by atoms with Gasteiger partial charge in [-0.1, -0.05) is 30.3 Å². The highest BCUT2D eigenvalue weighted by Gasteiger charge is 2.57. The SMILES string of the molecule is CCS(=O)(=O)NC1C2Cc3cccc(c3F)-c3cccc(F)c3OCCN(C)C(=O)N2CC1(F)F. The van der Waals surface area contributed by atoms with Crippen molar-refractivity contribution in [1.82, 2.24) is 14.5 Å². The van der Waals surface area contributed by atoms with Gasteiger partial charge in [0.25, 0.3) is 5.92 Å². The zero-order valence-corrected chi connectivity index (χ0v) is 19.9. The van der Waals surface area contributed by atoms with Gasteiger partial charge in [0.05, 0.1) is 24.9 Å². The number of hydrogen-bond acceptors (Lipinski definition) is 4. The third kappa shape index (κ3) is 4.81. The van der Waals surface area contributed by atoms with E-state index in [1.165, 1.54) is 44.3 Å². The molecule has 2 heterocycles. The zero-order valence-electron chi connectivity index (χ0n) is 19.1. The number of sulfonamides is 1. The van der Waals surface area contributed by atoms with E-state index >= 15 is 13.2 Å². The molecule has 2 unspecified atom stereocenters. The molecule has 1 fully saturated rings. The van der Waals surface area contributed by atoms with Crippen molar-refractivity contribution in [2.45, 2.75) is 31.4 Å². The van der Waals surface area contributed by atoms with Gasteiger partial charge in [-0.15, -0.1) is 0 Å². The number of carbonyl (C=O) groups excluding carboxylic acids is 1. The van der Waals surface area contributed by atoms with Crippen LogP contribution in [0.3, 0.4) is 0 Å². The molecule has 2 atom stereocenters. The summed E-state index contributed by atoms with van der Waals surface area (Å²) in [5, 5.41) is 0. The molecule has 0 spiro atoms. The predicted octanol–water partition coefficient (Wildman–Crippen LogP) is 3.25. The van der Waals surface area contributed by atoms with Crippen molar-refractivity contribution < 1.29 is 35.5 Å². The van der Waals surface area contributed by atoms with Gasteiger partial charge in [-0.25, -0.2) is 35.5 Å². The fourth-order valence-corrected chi connectivity index (χ4v) is 5.30. The van der Waals surface area contributed by atoms with Gasteiger partial charge in [-0.05, 0) is 25.0 Å². The molecular formula is C23H25F4N3O4S. The number of nitrogens with zero attached hydrogens (tertiary/aromatic N) is 2. The van der Waals surface area contributed by atoms with Gasteiger partial charge in [-0.2, -0.15) is 0 Å². The normalized spacial score (nSPS) is 22.4.